The van der Waals surface area contributed by atoms with Gasteiger partial charge in [0.1, 0.15) is 0 Å². The molecule has 0 aliphatic carbocycles. The molecule has 0 bridgehead atoms. The molecule has 29 valence electrons. The van der Waals surface area contributed by atoms with Gasteiger partial charge in [-0.15, -0.1) is 0 Å². The second-order valence-electron chi connectivity index (χ2n) is 0.715. The van der Waals surface area contributed by atoms with Crippen molar-refractivity contribution in [2.75, 3.05) is 0 Å². The van der Waals surface area contributed by atoms with Gasteiger partial charge in [-0.05, 0) is 5.16 Å². The molecule has 0 unspecified atom stereocenters. The molecule has 0 saturated carbocycles. The average molecular weight is 82.0 g/mol. The fourth-order valence-corrected chi connectivity index (χ4v) is 0.154. The van der Waals surface area contributed by atoms with Crippen LogP contribution in [-0.4, -0.2) is 5.16 Å². The lowest BCUT2D eigenvalue weighted by atomic mass is 10.8. The second kappa shape index (κ2) is 0.902. The number of rotatable bonds is 0. The van der Waals surface area contributed by atoms with Crippen LogP contribution in [-0.2, 0) is 5.11 Å². The van der Waals surface area contributed by atoms with Gasteiger partial charge < -0.3 is 0 Å². The highest BCUT2D eigenvalue weighted by Crippen LogP contribution is 1.91. The maximum absolute atomic E-state index is 9.78. The van der Waals surface area contributed by atoms with Crippen LogP contribution in [0.2, 0.25) is 0 Å². The van der Waals surface area contributed by atoms with E-state index in [1.165, 1.54) is 0 Å². The summed E-state index contributed by atoms with van der Waals surface area (Å²) in [4.78, 5) is 0. The van der Waals surface area contributed by atoms with E-state index in [0.29, 0.717) is 0 Å². The summed E-state index contributed by atoms with van der Waals surface area (Å²) in [6.45, 7) is 0. The van der Waals surface area contributed by atoms with Crippen LogP contribution < -0.4 is 0 Å². The fourth-order valence-electron chi connectivity index (χ4n) is 0.154. The lowest BCUT2D eigenvalue weighted by Gasteiger charge is -1.54. The quantitative estimate of drug-likeness (QED) is 0.455. The van der Waals surface area contributed by atoms with Crippen molar-refractivity contribution in [3.63, 3.8) is 0 Å². The fraction of sp³-hybridized carbons (Fsp3) is 0. The maximum atomic E-state index is 9.78. The first-order valence-electron chi connectivity index (χ1n) is 1.31. The van der Waals surface area contributed by atoms with Crippen LogP contribution in [0.1, 0.15) is 0 Å². The van der Waals surface area contributed by atoms with Crippen LogP contribution in [0.4, 0.5) is 0 Å². The normalized spacial score (nSPS) is 7.33. The van der Waals surface area contributed by atoms with E-state index in [-0.39, 0.29) is 0 Å². The first-order valence-corrected chi connectivity index (χ1v) is 1.31. The molecule has 0 saturated heterocycles. The van der Waals surface area contributed by atoms with Crippen LogP contribution in [0, 0.1) is 12.3 Å². The van der Waals surface area contributed by atoms with Crippen molar-refractivity contribution in [2.45, 2.75) is 0 Å². The molecule has 1 rings (SSSR count). The van der Waals surface area contributed by atoms with Crippen molar-refractivity contribution in [3.05, 3.63) is 12.3 Å². The van der Waals surface area contributed by atoms with E-state index in [0.717, 1.165) is 0 Å². The molecule has 0 aliphatic heterocycles. The molecular formula is C3NO2. The monoisotopic (exact) mass is 82.0 g/mol. The summed E-state index contributed by atoms with van der Waals surface area (Å²) in [5.41, 5.74) is 0. The van der Waals surface area contributed by atoms with E-state index in [4.69, 9.17) is 0 Å². The van der Waals surface area contributed by atoms with Gasteiger partial charge in [-0.1, -0.05) is 0 Å². The van der Waals surface area contributed by atoms with E-state index < -0.39 is 5.88 Å². The molecule has 0 atom stereocenters. The number of hydrogen-bond acceptors (Lipinski definition) is 2. The van der Waals surface area contributed by atoms with Gasteiger partial charge >= 0.3 is 5.88 Å². The smallest absolute Gasteiger partial charge is 0.298 e. The first-order chi connectivity index (χ1) is 2.89. The van der Waals surface area contributed by atoms with Crippen LogP contribution >= 0.6 is 0 Å². The summed E-state index contributed by atoms with van der Waals surface area (Å²) in [6, 6.07) is 2.04. The Balaban J connectivity index is 3.05. The Morgan fingerprint density at radius 2 is 2.67 bits per heavy atom. The molecule has 0 fully saturated rings. The lowest BCUT2D eigenvalue weighted by molar-refractivity contribution is 0.292. The predicted octanol–water partition coefficient (Wildman–Crippen LogP) is 0.419. The third-order valence-corrected chi connectivity index (χ3v) is 0.332. The SMILES string of the molecule is [O]c1c#con1. The summed E-state index contributed by atoms with van der Waals surface area (Å²) in [5, 5.41) is 12.7. The molecule has 1 radical (unpaired) electrons. The van der Waals surface area contributed by atoms with Gasteiger partial charge in [0.15, 0.2) is 6.26 Å². The second-order valence-corrected chi connectivity index (χ2v) is 0.715. The zero-order chi connectivity index (χ0) is 4.41. The lowest BCUT2D eigenvalue weighted by Crippen LogP contribution is -1.49. The van der Waals surface area contributed by atoms with E-state index in [2.05, 4.69) is 9.68 Å². The predicted molar refractivity (Wildman–Crippen MR) is 14.3 cm³/mol. The largest absolute Gasteiger partial charge is 0.359 e. The van der Waals surface area contributed by atoms with Gasteiger partial charge in [-0.2, -0.15) is 0 Å². The van der Waals surface area contributed by atoms with Gasteiger partial charge in [-0.25, -0.2) is 0 Å². The first kappa shape index (κ1) is 3.04. The Hall–Kier alpha value is -1.17. The van der Waals surface area contributed by atoms with Crippen LogP contribution in [0.3, 0.4) is 0 Å². The van der Waals surface area contributed by atoms with E-state index in [1.54, 1.807) is 0 Å². The van der Waals surface area contributed by atoms with Crippen LogP contribution in [0.15, 0.2) is 4.52 Å². The molecule has 0 N–H and O–H groups in total. The highest BCUT2D eigenvalue weighted by Gasteiger charge is 1.83. The average Bonchev–Trinajstić information content (AvgIpc) is 1.86. The zero-order valence-electron chi connectivity index (χ0n) is 2.76. The highest BCUT2D eigenvalue weighted by atomic mass is 16.5. The summed E-state index contributed by atoms with van der Waals surface area (Å²) < 4.78 is 3.97. The Bertz CT molecular complexity index is 112. The molecule has 0 amide bonds. The third-order valence-electron chi connectivity index (χ3n) is 0.332. The highest BCUT2D eigenvalue weighted by molar-refractivity contribution is 4.87. The third kappa shape index (κ3) is 0.279. The van der Waals surface area contributed by atoms with Gasteiger partial charge in [0.25, 0.3) is 0 Å². The molecular weight excluding hydrogens is 82.0 g/mol. The maximum Gasteiger partial charge on any atom is 0.359 e. The Morgan fingerprint density at radius 1 is 1.83 bits per heavy atom. The minimum Gasteiger partial charge on any atom is -0.298 e. The Morgan fingerprint density at radius 3 is 2.83 bits per heavy atom. The van der Waals surface area contributed by atoms with E-state index >= 15 is 0 Å². The summed E-state index contributed by atoms with van der Waals surface area (Å²) in [7, 11) is 0. The number of hydrogen-bond donors (Lipinski definition) is 0. The Labute approximate surface area is 34.2 Å². The van der Waals surface area contributed by atoms with Crippen molar-refractivity contribution < 1.29 is 9.63 Å². The van der Waals surface area contributed by atoms with Gasteiger partial charge in [-0.3, -0.25) is 9.63 Å². The van der Waals surface area contributed by atoms with E-state index in [9.17, 15) is 5.11 Å². The minimum absolute atomic E-state index is 0.505. The zero-order valence-corrected chi connectivity index (χ0v) is 2.76. The molecule has 1 aromatic heterocycles. The van der Waals surface area contributed by atoms with Gasteiger partial charge in [0.2, 0.25) is 0 Å². The molecule has 1 heterocycles. The molecule has 0 spiro atoms. The number of aromatic nitrogens is 1. The molecule has 3 nitrogen and oxygen atoms in total. The van der Waals surface area contributed by atoms with Crippen molar-refractivity contribution in [3.8, 4) is 5.88 Å². The molecule has 3 heteroatoms. The summed E-state index contributed by atoms with van der Waals surface area (Å²) >= 11 is 0. The van der Waals surface area contributed by atoms with Gasteiger partial charge in [0, 0.05) is 6.07 Å². The van der Waals surface area contributed by atoms with Crippen molar-refractivity contribution >= 4 is 0 Å². The van der Waals surface area contributed by atoms with Crippen LogP contribution in [0.25, 0.3) is 0 Å². The molecule has 0 aliphatic rings. The van der Waals surface area contributed by atoms with Gasteiger partial charge in [0.05, 0.1) is 0 Å². The topological polar surface area (TPSA) is 45.9 Å². The summed E-state index contributed by atoms with van der Waals surface area (Å²) in [5.74, 6) is -0.505. The number of nitrogens with zero attached hydrogens (tertiary/aromatic N) is 1. The van der Waals surface area contributed by atoms with E-state index in [1.807, 2.05) is 12.3 Å². The van der Waals surface area contributed by atoms with Crippen molar-refractivity contribution in [1.82, 2.24) is 5.16 Å². The molecule has 0 aromatic carbocycles. The van der Waals surface area contributed by atoms with Crippen molar-refractivity contribution in [1.29, 1.82) is 0 Å². The molecule has 6 heavy (non-hydrogen) atoms. The van der Waals surface area contributed by atoms with Crippen molar-refractivity contribution in [2.24, 2.45) is 0 Å². The standard InChI is InChI=1S/C3NO2/c5-3-1-2-6-4-3. The minimum atomic E-state index is -0.505. The summed E-state index contributed by atoms with van der Waals surface area (Å²) in [6.07, 6.45) is 2.01. The Kier molecular flexibility index (Phi) is 0.457. The molecule has 1 aromatic rings. The van der Waals surface area contributed by atoms with Crippen LogP contribution in [0.5, 0.6) is 5.88 Å².